The molecule has 0 bridgehead atoms. The van der Waals surface area contributed by atoms with Gasteiger partial charge in [0.25, 0.3) is 0 Å². The molecule has 0 amide bonds. The van der Waals surface area contributed by atoms with Gasteiger partial charge in [0.2, 0.25) is 0 Å². The Morgan fingerprint density at radius 1 is 1.38 bits per heavy atom. The van der Waals surface area contributed by atoms with Gasteiger partial charge in [-0.2, -0.15) is 0 Å². The van der Waals surface area contributed by atoms with Crippen LogP contribution in [-0.2, 0) is 6.42 Å². The van der Waals surface area contributed by atoms with E-state index in [2.05, 4.69) is 32.9 Å². The highest BCUT2D eigenvalue weighted by Crippen LogP contribution is 2.44. The van der Waals surface area contributed by atoms with Crippen LogP contribution in [0.25, 0.3) is 0 Å². The van der Waals surface area contributed by atoms with Gasteiger partial charge in [0, 0.05) is 5.56 Å². The van der Waals surface area contributed by atoms with E-state index in [1.165, 1.54) is 11.1 Å². The monoisotopic (exact) mass is 176 g/mol. The smallest absolute Gasteiger partial charge is 0.122 e. The first-order chi connectivity index (χ1) is 6.11. The van der Waals surface area contributed by atoms with Gasteiger partial charge in [-0.05, 0) is 29.4 Å². The Morgan fingerprint density at radius 2 is 2.08 bits per heavy atom. The molecular formula is C12H16O. The van der Waals surface area contributed by atoms with Crippen molar-refractivity contribution in [2.75, 3.05) is 0 Å². The van der Waals surface area contributed by atoms with Crippen molar-refractivity contribution in [2.24, 2.45) is 0 Å². The number of rotatable bonds is 1. The van der Waals surface area contributed by atoms with Crippen molar-refractivity contribution in [3.63, 3.8) is 0 Å². The van der Waals surface area contributed by atoms with Gasteiger partial charge in [0.15, 0.2) is 0 Å². The van der Waals surface area contributed by atoms with E-state index in [1.54, 1.807) is 0 Å². The highest BCUT2D eigenvalue weighted by atomic mass is 16.3. The Bertz CT molecular complexity index is 339. The molecule has 1 nitrogen and oxygen atoms in total. The number of phenols is 1. The number of aromatic hydroxyl groups is 1. The lowest BCUT2D eigenvalue weighted by molar-refractivity contribution is 0.441. The molecule has 0 aromatic heterocycles. The Balaban J connectivity index is 2.52. The Kier molecular flexibility index (Phi) is 1.83. The summed E-state index contributed by atoms with van der Waals surface area (Å²) < 4.78 is 0. The maximum atomic E-state index is 9.97. The van der Waals surface area contributed by atoms with Crippen LogP contribution in [0.2, 0.25) is 0 Å². The number of hydrogen-bond donors (Lipinski definition) is 1. The molecule has 1 unspecified atom stereocenters. The van der Waals surface area contributed by atoms with E-state index in [0.29, 0.717) is 17.6 Å². The van der Waals surface area contributed by atoms with Gasteiger partial charge in [0.1, 0.15) is 5.75 Å². The van der Waals surface area contributed by atoms with E-state index in [4.69, 9.17) is 0 Å². The van der Waals surface area contributed by atoms with Crippen LogP contribution in [0, 0.1) is 0 Å². The van der Waals surface area contributed by atoms with Gasteiger partial charge in [-0.3, -0.25) is 0 Å². The first-order valence-electron chi connectivity index (χ1n) is 4.96. The fourth-order valence-electron chi connectivity index (χ4n) is 2.16. The van der Waals surface area contributed by atoms with Crippen LogP contribution in [0.3, 0.4) is 0 Å². The van der Waals surface area contributed by atoms with Crippen molar-refractivity contribution in [2.45, 2.75) is 39.0 Å². The number of hydrogen-bond acceptors (Lipinski definition) is 1. The molecule has 0 saturated heterocycles. The highest BCUT2D eigenvalue weighted by Gasteiger charge is 2.27. The molecule has 1 aromatic rings. The van der Waals surface area contributed by atoms with E-state index in [-0.39, 0.29) is 0 Å². The summed E-state index contributed by atoms with van der Waals surface area (Å²) >= 11 is 0. The van der Waals surface area contributed by atoms with Crippen LogP contribution in [0.4, 0.5) is 0 Å². The molecule has 1 aliphatic rings. The zero-order valence-corrected chi connectivity index (χ0v) is 8.46. The standard InChI is InChI=1S/C12H16O/c1-7(2)10-5-4-9-6-8(3)11(9)12(10)13/h4-5,7-8,13H,6H2,1-3H3. The predicted octanol–water partition coefficient (Wildman–Crippen LogP) is 3.18. The lowest BCUT2D eigenvalue weighted by atomic mass is 9.76. The van der Waals surface area contributed by atoms with Crippen LogP contribution < -0.4 is 0 Å². The van der Waals surface area contributed by atoms with Gasteiger partial charge in [-0.1, -0.05) is 32.9 Å². The average molecular weight is 176 g/mol. The normalized spacial score (nSPS) is 19.8. The SMILES string of the molecule is CC(C)c1ccc2c(c1O)C(C)C2. The fourth-order valence-corrected chi connectivity index (χ4v) is 2.16. The Hall–Kier alpha value is -0.980. The van der Waals surface area contributed by atoms with Crippen molar-refractivity contribution in [1.82, 2.24) is 0 Å². The molecule has 70 valence electrons. The molecule has 1 N–H and O–H groups in total. The van der Waals surface area contributed by atoms with Crippen LogP contribution >= 0.6 is 0 Å². The molecular weight excluding hydrogens is 160 g/mol. The second-order valence-electron chi connectivity index (χ2n) is 4.34. The summed E-state index contributed by atoms with van der Waals surface area (Å²) in [6, 6.07) is 4.22. The molecule has 13 heavy (non-hydrogen) atoms. The number of phenolic OH excluding ortho intramolecular Hbond substituents is 1. The predicted molar refractivity (Wildman–Crippen MR) is 54.3 cm³/mol. The third-order valence-corrected chi connectivity index (χ3v) is 2.98. The molecule has 1 aliphatic carbocycles. The Labute approximate surface area is 79.4 Å². The van der Waals surface area contributed by atoms with E-state index in [9.17, 15) is 5.11 Å². The maximum absolute atomic E-state index is 9.97. The maximum Gasteiger partial charge on any atom is 0.122 e. The van der Waals surface area contributed by atoms with Crippen LogP contribution in [0.1, 0.15) is 49.3 Å². The summed E-state index contributed by atoms with van der Waals surface area (Å²) in [5.74, 6) is 1.51. The molecule has 2 rings (SSSR count). The number of fused-ring (bicyclic) bond motifs is 1. The van der Waals surface area contributed by atoms with Crippen molar-refractivity contribution in [3.05, 3.63) is 28.8 Å². The minimum absolute atomic E-state index is 0.415. The van der Waals surface area contributed by atoms with Gasteiger partial charge in [0.05, 0.1) is 0 Å². The summed E-state index contributed by atoms with van der Waals surface area (Å²) in [6.45, 7) is 6.40. The first-order valence-corrected chi connectivity index (χ1v) is 4.96. The zero-order chi connectivity index (χ0) is 9.59. The van der Waals surface area contributed by atoms with Crippen LogP contribution in [-0.4, -0.2) is 5.11 Å². The minimum atomic E-state index is 0.415. The largest absolute Gasteiger partial charge is 0.507 e. The molecule has 1 atom stereocenters. The minimum Gasteiger partial charge on any atom is -0.507 e. The molecule has 0 spiro atoms. The molecule has 1 heteroatoms. The van der Waals surface area contributed by atoms with Crippen molar-refractivity contribution >= 4 is 0 Å². The van der Waals surface area contributed by atoms with E-state index in [1.807, 2.05) is 0 Å². The molecule has 0 radical (unpaired) electrons. The molecule has 0 aliphatic heterocycles. The average Bonchev–Trinajstić information content (AvgIpc) is 2.01. The Morgan fingerprint density at radius 3 is 2.62 bits per heavy atom. The van der Waals surface area contributed by atoms with Crippen LogP contribution in [0.15, 0.2) is 12.1 Å². The topological polar surface area (TPSA) is 20.2 Å². The van der Waals surface area contributed by atoms with Crippen molar-refractivity contribution in [3.8, 4) is 5.75 Å². The molecule has 0 saturated carbocycles. The summed E-state index contributed by atoms with van der Waals surface area (Å²) in [6.07, 6.45) is 1.13. The van der Waals surface area contributed by atoms with Crippen molar-refractivity contribution in [1.29, 1.82) is 0 Å². The van der Waals surface area contributed by atoms with E-state index < -0.39 is 0 Å². The third-order valence-electron chi connectivity index (χ3n) is 2.98. The summed E-state index contributed by atoms with van der Waals surface area (Å²) in [7, 11) is 0. The lowest BCUT2D eigenvalue weighted by Gasteiger charge is -2.29. The second-order valence-corrected chi connectivity index (χ2v) is 4.34. The van der Waals surface area contributed by atoms with Gasteiger partial charge >= 0.3 is 0 Å². The van der Waals surface area contributed by atoms with Gasteiger partial charge < -0.3 is 5.11 Å². The van der Waals surface area contributed by atoms with Crippen LogP contribution in [0.5, 0.6) is 5.75 Å². The van der Waals surface area contributed by atoms with Gasteiger partial charge in [-0.15, -0.1) is 0 Å². The van der Waals surface area contributed by atoms with E-state index in [0.717, 1.165) is 12.0 Å². The third kappa shape index (κ3) is 1.14. The van der Waals surface area contributed by atoms with E-state index >= 15 is 0 Å². The first kappa shape index (κ1) is 8.61. The second kappa shape index (κ2) is 2.76. The fraction of sp³-hybridized carbons (Fsp3) is 0.500. The molecule has 0 heterocycles. The lowest BCUT2D eigenvalue weighted by Crippen LogP contribution is -2.15. The quantitative estimate of drug-likeness (QED) is 0.696. The molecule has 1 aromatic carbocycles. The zero-order valence-electron chi connectivity index (χ0n) is 8.46. The summed E-state index contributed by atoms with van der Waals surface area (Å²) in [4.78, 5) is 0. The summed E-state index contributed by atoms with van der Waals surface area (Å²) in [5, 5.41) is 9.97. The van der Waals surface area contributed by atoms with Gasteiger partial charge in [-0.25, -0.2) is 0 Å². The molecule has 0 fully saturated rings. The highest BCUT2D eigenvalue weighted by molar-refractivity contribution is 5.53. The van der Waals surface area contributed by atoms with Crippen molar-refractivity contribution < 1.29 is 5.11 Å². The number of benzene rings is 1. The summed E-state index contributed by atoms with van der Waals surface area (Å²) in [5.41, 5.74) is 3.60.